The average Bonchev–Trinajstić information content (AvgIpc) is 2.59. The van der Waals surface area contributed by atoms with Crippen LogP contribution in [0.3, 0.4) is 0 Å². The van der Waals surface area contributed by atoms with Crippen molar-refractivity contribution in [3.8, 4) is 0 Å². The third-order valence-corrected chi connectivity index (χ3v) is 10.2. The Bertz CT molecular complexity index is 778. The minimum Gasteiger partial charge on any atom is -0.465 e. The number of Topliss-reactive ketones (excluding diaryl/α,β-unsaturated/α-hetero) is 1. The van der Waals surface area contributed by atoms with Crippen molar-refractivity contribution in [3.63, 3.8) is 0 Å². The number of ether oxygens (including phenoxy) is 1. The van der Waals surface area contributed by atoms with Gasteiger partial charge in [0, 0.05) is 15.9 Å². The number of benzene rings is 1. The molecule has 1 rings (SSSR count). The van der Waals surface area contributed by atoms with Gasteiger partial charge in [-0.25, -0.2) is 8.78 Å². The lowest BCUT2D eigenvalue weighted by molar-refractivity contribution is -0.143. The van der Waals surface area contributed by atoms with E-state index in [-0.39, 0.29) is 27.3 Å². The fourth-order valence-corrected chi connectivity index (χ4v) is 3.60. The lowest BCUT2D eigenvalue weighted by atomic mass is 9.98. The first kappa shape index (κ1) is 25.8. The molecule has 0 N–H and O–H groups in total. The van der Waals surface area contributed by atoms with Gasteiger partial charge in [-0.1, -0.05) is 20.8 Å². The third-order valence-electron chi connectivity index (χ3n) is 4.84. The van der Waals surface area contributed by atoms with Gasteiger partial charge in [-0.15, -0.1) is 0 Å². The molecular formula is C20H28F2INO4Si. The van der Waals surface area contributed by atoms with Crippen LogP contribution in [0, 0.1) is 21.1 Å². The Morgan fingerprint density at radius 2 is 1.86 bits per heavy atom. The standard InChI is InChI=1S/C20H28F2INO4Si/c1-7-27-19(26)14(12-24-8-9-28-29(5,6)20(2,3)4)18(25)13-10-17(23)16(22)11-15(13)21/h10-12,14H,7-9H2,1-6H3. The Kier molecular flexibility index (Phi) is 9.54. The molecule has 0 spiro atoms. The van der Waals surface area contributed by atoms with E-state index in [1.165, 1.54) is 0 Å². The van der Waals surface area contributed by atoms with Crippen molar-refractivity contribution >= 4 is 48.9 Å². The van der Waals surface area contributed by atoms with Crippen LogP contribution in [-0.2, 0) is 14.0 Å². The maximum atomic E-state index is 14.1. The first-order valence-corrected chi connectivity index (χ1v) is 13.3. The SMILES string of the molecule is CCOC(=O)C(C=NCCO[Si](C)(C)C(C)(C)C)C(=O)c1cc(I)c(F)cc1F. The minimum atomic E-state index is -1.93. The van der Waals surface area contributed by atoms with Gasteiger partial charge in [0.15, 0.2) is 20.0 Å². The van der Waals surface area contributed by atoms with Crippen LogP contribution in [0.5, 0.6) is 0 Å². The van der Waals surface area contributed by atoms with Crippen LogP contribution >= 0.6 is 22.6 Å². The summed E-state index contributed by atoms with van der Waals surface area (Å²) in [6.07, 6.45) is 1.16. The van der Waals surface area contributed by atoms with E-state index in [1.54, 1.807) is 29.5 Å². The van der Waals surface area contributed by atoms with Crippen molar-refractivity contribution in [2.45, 2.75) is 45.8 Å². The predicted octanol–water partition coefficient (Wildman–Crippen LogP) is 5.02. The second-order valence-corrected chi connectivity index (χ2v) is 14.0. The Balaban J connectivity index is 2.94. The molecule has 0 heterocycles. The molecule has 0 aliphatic carbocycles. The molecule has 0 amide bonds. The van der Waals surface area contributed by atoms with Crippen LogP contribution in [0.4, 0.5) is 8.78 Å². The summed E-state index contributed by atoms with van der Waals surface area (Å²) in [6.45, 7) is 12.9. The Labute approximate surface area is 185 Å². The van der Waals surface area contributed by atoms with Gasteiger partial charge in [0.05, 0.1) is 25.3 Å². The first-order valence-electron chi connectivity index (χ1n) is 9.31. The summed E-state index contributed by atoms with van der Waals surface area (Å²) >= 11 is 1.65. The van der Waals surface area contributed by atoms with Crippen molar-refractivity contribution < 1.29 is 27.5 Å². The molecular weight excluding hydrogens is 511 g/mol. The van der Waals surface area contributed by atoms with Gasteiger partial charge in [-0.3, -0.25) is 14.6 Å². The Morgan fingerprint density at radius 1 is 1.24 bits per heavy atom. The maximum absolute atomic E-state index is 14.1. The number of ketones is 1. The largest absolute Gasteiger partial charge is 0.465 e. The highest BCUT2D eigenvalue weighted by molar-refractivity contribution is 14.1. The molecule has 0 fully saturated rings. The van der Waals surface area contributed by atoms with Crippen LogP contribution < -0.4 is 0 Å². The number of rotatable bonds is 9. The fourth-order valence-electron chi connectivity index (χ4n) is 2.10. The van der Waals surface area contributed by atoms with Gasteiger partial charge < -0.3 is 9.16 Å². The molecule has 5 nitrogen and oxygen atoms in total. The number of hydrogen-bond acceptors (Lipinski definition) is 5. The van der Waals surface area contributed by atoms with Crippen molar-refractivity contribution in [1.82, 2.24) is 0 Å². The highest BCUT2D eigenvalue weighted by Crippen LogP contribution is 2.36. The summed E-state index contributed by atoms with van der Waals surface area (Å²) in [4.78, 5) is 29.1. The lowest BCUT2D eigenvalue weighted by Crippen LogP contribution is -2.41. The molecule has 9 heteroatoms. The quantitative estimate of drug-likeness (QED) is 0.0646. The molecule has 0 saturated carbocycles. The number of esters is 1. The maximum Gasteiger partial charge on any atom is 0.322 e. The molecule has 0 saturated heterocycles. The Hall–Kier alpha value is -1.20. The lowest BCUT2D eigenvalue weighted by Gasteiger charge is -2.35. The van der Waals surface area contributed by atoms with Crippen LogP contribution in [-0.4, -0.2) is 46.0 Å². The van der Waals surface area contributed by atoms with Crippen molar-refractivity contribution in [2.75, 3.05) is 19.8 Å². The summed E-state index contributed by atoms with van der Waals surface area (Å²) in [5, 5.41) is 0.0530. The number of carbonyl (C=O) groups is 2. The number of halogens is 3. The number of nitrogens with zero attached hydrogens (tertiary/aromatic N) is 1. The van der Waals surface area contributed by atoms with Gasteiger partial charge in [0.1, 0.15) is 11.6 Å². The molecule has 0 aromatic heterocycles. The van der Waals surface area contributed by atoms with E-state index in [9.17, 15) is 18.4 Å². The molecule has 1 aromatic carbocycles. The summed E-state index contributed by atoms with van der Waals surface area (Å²) in [5.74, 6) is -4.86. The highest BCUT2D eigenvalue weighted by atomic mass is 127. The monoisotopic (exact) mass is 539 g/mol. The summed E-state index contributed by atoms with van der Waals surface area (Å²) in [6, 6.07) is 1.70. The first-order chi connectivity index (χ1) is 13.3. The van der Waals surface area contributed by atoms with E-state index in [0.29, 0.717) is 12.7 Å². The van der Waals surface area contributed by atoms with E-state index < -0.39 is 37.6 Å². The highest BCUT2D eigenvalue weighted by Gasteiger charge is 2.37. The molecule has 29 heavy (non-hydrogen) atoms. The van der Waals surface area contributed by atoms with E-state index in [2.05, 4.69) is 38.9 Å². The van der Waals surface area contributed by atoms with Crippen LogP contribution in [0.2, 0.25) is 18.1 Å². The fraction of sp³-hybridized carbons (Fsp3) is 0.550. The summed E-state index contributed by atoms with van der Waals surface area (Å²) in [7, 11) is -1.93. The zero-order chi connectivity index (χ0) is 22.4. The number of carbonyl (C=O) groups excluding carboxylic acids is 2. The molecule has 0 aliphatic heterocycles. The molecule has 0 radical (unpaired) electrons. The second kappa shape index (κ2) is 10.7. The van der Waals surface area contributed by atoms with E-state index in [4.69, 9.17) is 9.16 Å². The Morgan fingerprint density at radius 3 is 2.41 bits per heavy atom. The van der Waals surface area contributed by atoms with Crippen LogP contribution in [0.1, 0.15) is 38.1 Å². The van der Waals surface area contributed by atoms with Gasteiger partial charge in [-0.2, -0.15) is 0 Å². The van der Waals surface area contributed by atoms with E-state index >= 15 is 0 Å². The molecule has 162 valence electrons. The zero-order valence-electron chi connectivity index (χ0n) is 17.6. The zero-order valence-corrected chi connectivity index (χ0v) is 20.8. The molecule has 0 aliphatic rings. The number of hydrogen-bond donors (Lipinski definition) is 0. The molecule has 1 aromatic rings. The third kappa shape index (κ3) is 7.21. The van der Waals surface area contributed by atoms with Gasteiger partial charge in [0.2, 0.25) is 0 Å². The summed E-state index contributed by atoms with van der Waals surface area (Å²) in [5.41, 5.74) is -0.377. The van der Waals surface area contributed by atoms with Gasteiger partial charge in [-0.05, 0) is 53.7 Å². The minimum absolute atomic E-state index is 0.0530. The smallest absolute Gasteiger partial charge is 0.322 e. The molecule has 1 unspecified atom stereocenters. The topological polar surface area (TPSA) is 65.0 Å². The number of aliphatic imine (C=N–C) groups is 1. The molecule has 0 bridgehead atoms. The summed E-state index contributed by atoms with van der Waals surface area (Å²) < 4.78 is 38.6. The van der Waals surface area contributed by atoms with Crippen molar-refractivity contribution in [1.29, 1.82) is 0 Å². The van der Waals surface area contributed by atoms with E-state index in [0.717, 1.165) is 12.3 Å². The van der Waals surface area contributed by atoms with Gasteiger partial charge in [0.25, 0.3) is 0 Å². The predicted molar refractivity (Wildman–Crippen MR) is 120 cm³/mol. The second-order valence-electron chi connectivity index (χ2n) is 8.00. The van der Waals surface area contributed by atoms with Crippen LogP contribution in [0.15, 0.2) is 17.1 Å². The molecule has 1 atom stereocenters. The van der Waals surface area contributed by atoms with E-state index in [1.807, 2.05) is 0 Å². The van der Waals surface area contributed by atoms with Crippen LogP contribution in [0.25, 0.3) is 0 Å². The van der Waals surface area contributed by atoms with Gasteiger partial charge >= 0.3 is 5.97 Å². The van der Waals surface area contributed by atoms with Crippen molar-refractivity contribution in [3.05, 3.63) is 32.9 Å². The van der Waals surface area contributed by atoms with Crippen molar-refractivity contribution in [2.24, 2.45) is 10.9 Å². The average molecular weight is 539 g/mol. The normalized spacial score (nSPS) is 13.6.